The SMILES string of the molecule is C[C@@H]1C[C@@]1(C)c1cc(C(=O)O)c(F)cc1OCC12CC3CC(CC(C3)C1)C2. The molecule has 1 N–H and O–H groups in total. The quantitative estimate of drug-likeness (QED) is 0.751. The first-order chi connectivity index (χ1) is 12.8. The minimum Gasteiger partial charge on any atom is -0.493 e. The maximum Gasteiger partial charge on any atom is 0.338 e. The zero-order valence-electron chi connectivity index (χ0n) is 16.3. The van der Waals surface area contributed by atoms with Crippen molar-refractivity contribution < 1.29 is 19.0 Å². The van der Waals surface area contributed by atoms with Gasteiger partial charge in [-0.15, -0.1) is 0 Å². The summed E-state index contributed by atoms with van der Waals surface area (Å²) in [5, 5.41) is 9.34. The van der Waals surface area contributed by atoms with Crippen LogP contribution in [0.4, 0.5) is 4.39 Å². The van der Waals surface area contributed by atoms with Crippen molar-refractivity contribution in [2.75, 3.05) is 6.61 Å². The molecule has 0 aromatic heterocycles. The second-order valence-electron chi connectivity index (χ2n) is 10.4. The maximum absolute atomic E-state index is 14.4. The van der Waals surface area contributed by atoms with Gasteiger partial charge in [-0.2, -0.15) is 0 Å². The van der Waals surface area contributed by atoms with Crippen LogP contribution in [0, 0.1) is 34.9 Å². The molecule has 0 aliphatic heterocycles. The van der Waals surface area contributed by atoms with Crippen LogP contribution in [0.25, 0.3) is 0 Å². The predicted octanol–water partition coefficient (Wildman–Crippen LogP) is 5.42. The van der Waals surface area contributed by atoms with Gasteiger partial charge in [-0.3, -0.25) is 0 Å². The Morgan fingerprint density at radius 1 is 1.15 bits per heavy atom. The number of hydrogen-bond acceptors (Lipinski definition) is 2. The van der Waals surface area contributed by atoms with Gasteiger partial charge < -0.3 is 9.84 Å². The summed E-state index contributed by atoms with van der Waals surface area (Å²) in [5.41, 5.74) is 0.782. The van der Waals surface area contributed by atoms with Gasteiger partial charge in [0.2, 0.25) is 0 Å². The van der Waals surface area contributed by atoms with E-state index in [4.69, 9.17) is 4.74 Å². The van der Waals surface area contributed by atoms with Crippen LogP contribution in [0.1, 0.15) is 74.7 Å². The van der Waals surface area contributed by atoms with Gasteiger partial charge >= 0.3 is 5.97 Å². The summed E-state index contributed by atoms with van der Waals surface area (Å²) in [6.45, 7) is 4.95. The lowest BCUT2D eigenvalue weighted by molar-refractivity contribution is -0.0747. The number of hydrogen-bond donors (Lipinski definition) is 1. The number of halogens is 1. The number of benzene rings is 1. The van der Waals surface area contributed by atoms with Gasteiger partial charge in [-0.1, -0.05) is 13.8 Å². The van der Waals surface area contributed by atoms with Crippen molar-refractivity contribution in [3.8, 4) is 5.75 Å². The van der Waals surface area contributed by atoms with Crippen LogP contribution in [-0.4, -0.2) is 17.7 Å². The third-order valence-electron chi connectivity index (χ3n) is 8.27. The van der Waals surface area contributed by atoms with Gasteiger partial charge in [0, 0.05) is 17.0 Å². The summed E-state index contributed by atoms with van der Waals surface area (Å²) < 4.78 is 20.7. The summed E-state index contributed by atoms with van der Waals surface area (Å²) in [6, 6.07) is 2.85. The Bertz CT molecular complexity index is 766. The van der Waals surface area contributed by atoms with Gasteiger partial charge in [0.05, 0.1) is 12.2 Å². The lowest BCUT2D eigenvalue weighted by atomic mass is 9.50. The zero-order chi connectivity index (χ0) is 19.0. The fraction of sp³-hybridized carbons (Fsp3) is 0.696. The van der Waals surface area contributed by atoms with Gasteiger partial charge in [-0.05, 0) is 80.1 Å². The summed E-state index contributed by atoms with van der Waals surface area (Å²) in [6.07, 6.45) is 8.91. The van der Waals surface area contributed by atoms with Crippen LogP contribution in [-0.2, 0) is 5.41 Å². The molecule has 0 heterocycles. The second kappa shape index (κ2) is 5.71. The normalized spacial score (nSPS) is 41.6. The Labute approximate surface area is 160 Å². The smallest absolute Gasteiger partial charge is 0.338 e. The monoisotopic (exact) mass is 372 g/mol. The Morgan fingerprint density at radius 2 is 1.70 bits per heavy atom. The number of carboxylic acids is 1. The standard InChI is InChI=1S/C23H29FO3/c1-13-8-22(13,2)18-6-17(21(25)26)19(24)7-20(18)27-12-23-9-14-3-15(10-23)5-16(4-14)11-23/h6-7,13-16H,3-5,8-12H2,1-2H3,(H,25,26)/t13-,14?,15?,16?,22-,23?/m1/s1. The van der Waals surface area contributed by atoms with E-state index in [1.807, 2.05) is 0 Å². The molecule has 0 amide bonds. The Balaban J connectivity index is 1.43. The van der Waals surface area contributed by atoms with Gasteiger partial charge in [0.25, 0.3) is 0 Å². The molecule has 4 heteroatoms. The minimum absolute atomic E-state index is 0.102. The molecule has 4 bridgehead atoms. The van der Waals surface area contributed by atoms with E-state index in [2.05, 4.69) is 13.8 Å². The molecule has 1 aromatic rings. The average Bonchev–Trinajstić information content (AvgIpc) is 3.19. The average molecular weight is 372 g/mol. The van der Waals surface area contributed by atoms with Crippen molar-refractivity contribution in [2.45, 2.75) is 64.2 Å². The number of ether oxygens (including phenoxy) is 1. The van der Waals surface area contributed by atoms with E-state index in [0.29, 0.717) is 18.3 Å². The highest BCUT2D eigenvalue weighted by molar-refractivity contribution is 5.88. The number of carbonyl (C=O) groups is 1. The summed E-state index contributed by atoms with van der Waals surface area (Å²) >= 11 is 0. The van der Waals surface area contributed by atoms with Crippen LogP contribution in [0.5, 0.6) is 5.75 Å². The van der Waals surface area contributed by atoms with E-state index in [1.165, 1.54) is 50.7 Å². The van der Waals surface area contributed by atoms with Crippen LogP contribution < -0.4 is 4.74 Å². The Morgan fingerprint density at radius 3 is 2.19 bits per heavy atom. The molecule has 146 valence electrons. The number of carboxylic acid groups (broad SMARTS) is 1. The molecular formula is C23H29FO3. The largest absolute Gasteiger partial charge is 0.493 e. The highest BCUT2D eigenvalue weighted by Gasteiger charge is 2.52. The lowest BCUT2D eigenvalue weighted by Crippen LogP contribution is -2.48. The van der Waals surface area contributed by atoms with Gasteiger partial charge in [-0.25, -0.2) is 9.18 Å². The van der Waals surface area contributed by atoms with Gasteiger partial charge in [0.1, 0.15) is 11.6 Å². The van der Waals surface area contributed by atoms with E-state index in [1.54, 1.807) is 0 Å². The molecule has 0 saturated heterocycles. The maximum atomic E-state index is 14.4. The molecule has 0 spiro atoms. The first-order valence-electron chi connectivity index (χ1n) is 10.5. The van der Waals surface area contributed by atoms with E-state index >= 15 is 0 Å². The highest BCUT2D eigenvalue weighted by atomic mass is 19.1. The van der Waals surface area contributed by atoms with Crippen molar-refractivity contribution in [1.29, 1.82) is 0 Å². The van der Waals surface area contributed by atoms with Crippen molar-refractivity contribution in [3.05, 3.63) is 29.1 Å². The molecule has 0 radical (unpaired) electrons. The topological polar surface area (TPSA) is 46.5 Å². The first kappa shape index (κ1) is 17.5. The molecule has 2 atom stereocenters. The Hall–Kier alpha value is -1.58. The molecule has 5 aliphatic rings. The minimum atomic E-state index is -1.21. The number of aromatic carboxylic acids is 1. The molecule has 3 nitrogen and oxygen atoms in total. The molecule has 5 fully saturated rings. The molecule has 0 unspecified atom stereocenters. The number of rotatable bonds is 5. The third-order valence-corrected chi connectivity index (χ3v) is 8.27. The summed E-state index contributed by atoms with van der Waals surface area (Å²) in [4.78, 5) is 11.4. The van der Waals surface area contributed by atoms with E-state index in [9.17, 15) is 14.3 Å². The zero-order valence-corrected chi connectivity index (χ0v) is 16.3. The van der Waals surface area contributed by atoms with Crippen LogP contribution in [0.3, 0.4) is 0 Å². The van der Waals surface area contributed by atoms with Crippen LogP contribution in [0.15, 0.2) is 12.1 Å². The predicted molar refractivity (Wildman–Crippen MR) is 101 cm³/mol. The molecule has 5 aliphatic carbocycles. The molecular weight excluding hydrogens is 343 g/mol. The molecule has 6 rings (SSSR count). The van der Waals surface area contributed by atoms with Crippen LogP contribution in [0.2, 0.25) is 0 Å². The van der Waals surface area contributed by atoms with Crippen molar-refractivity contribution >= 4 is 5.97 Å². The molecule has 1 aromatic carbocycles. The third kappa shape index (κ3) is 2.78. The Kier molecular flexibility index (Phi) is 3.71. The van der Waals surface area contributed by atoms with Crippen molar-refractivity contribution in [3.63, 3.8) is 0 Å². The second-order valence-corrected chi connectivity index (χ2v) is 10.4. The molecule has 5 saturated carbocycles. The highest BCUT2D eigenvalue weighted by Crippen LogP contribution is 2.61. The van der Waals surface area contributed by atoms with Crippen molar-refractivity contribution in [2.24, 2.45) is 29.1 Å². The van der Waals surface area contributed by atoms with Crippen LogP contribution >= 0.6 is 0 Å². The lowest BCUT2D eigenvalue weighted by Gasteiger charge is -2.56. The fourth-order valence-electron chi connectivity index (χ4n) is 6.93. The van der Waals surface area contributed by atoms with E-state index in [-0.39, 0.29) is 16.4 Å². The summed E-state index contributed by atoms with van der Waals surface area (Å²) in [7, 11) is 0. The molecule has 27 heavy (non-hydrogen) atoms. The van der Waals surface area contributed by atoms with E-state index in [0.717, 1.165) is 29.7 Å². The summed E-state index contributed by atoms with van der Waals surface area (Å²) in [5.74, 6) is 1.69. The van der Waals surface area contributed by atoms with Crippen molar-refractivity contribution in [1.82, 2.24) is 0 Å². The first-order valence-corrected chi connectivity index (χ1v) is 10.5. The fourth-order valence-corrected chi connectivity index (χ4v) is 6.93. The van der Waals surface area contributed by atoms with Gasteiger partial charge in [0.15, 0.2) is 0 Å². The van der Waals surface area contributed by atoms with E-state index < -0.39 is 11.8 Å².